The average Bonchev–Trinajstić information content (AvgIpc) is 2.28. The molecule has 6 heteroatoms. The summed E-state index contributed by atoms with van der Waals surface area (Å²) >= 11 is 0. The molecule has 0 aromatic carbocycles. The number of rotatable bonds is 6. The van der Waals surface area contributed by atoms with Gasteiger partial charge in [0.05, 0.1) is 0 Å². The smallest absolute Gasteiger partial charge is 0.279 e. The fraction of sp³-hybridized carbons (Fsp3) is 1.00. The third-order valence-corrected chi connectivity index (χ3v) is 5.18. The molecule has 0 atom stereocenters. The van der Waals surface area contributed by atoms with Crippen molar-refractivity contribution in [3.8, 4) is 0 Å². The molecule has 0 saturated carbocycles. The molecule has 0 aliphatic carbocycles. The molecule has 114 valence electrons. The Morgan fingerprint density at radius 1 is 1.21 bits per heavy atom. The number of piperidine rings is 1. The highest BCUT2D eigenvalue weighted by atomic mass is 32.2. The molecule has 0 unspecified atom stereocenters. The lowest BCUT2D eigenvalue weighted by molar-refractivity contribution is 0.267. The zero-order valence-corrected chi connectivity index (χ0v) is 13.5. The van der Waals surface area contributed by atoms with E-state index in [2.05, 4.69) is 30.8 Å². The largest absolute Gasteiger partial charge is 0.319 e. The second-order valence-electron chi connectivity index (χ2n) is 6.61. The lowest BCUT2D eigenvalue weighted by Gasteiger charge is -2.31. The summed E-state index contributed by atoms with van der Waals surface area (Å²) in [6.07, 6.45) is 2.74. The van der Waals surface area contributed by atoms with Crippen molar-refractivity contribution in [2.75, 3.05) is 33.2 Å². The van der Waals surface area contributed by atoms with E-state index in [0.29, 0.717) is 25.6 Å². The molecule has 0 aromatic heterocycles. The minimum Gasteiger partial charge on any atom is -0.319 e. The molecule has 0 amide bonds. The van der Waals surface area contributed by atoms with Crippen LogP contribution < -0.4 is 10.0 Å². The van der Waals surface area contributed by atoms with E-state index in [0.717, 1.165) is 25.8 Å². The molecule has 1 heterocycles. The number of hydrogen-bond acceptors (Lipinski definition) is 3. The van der Waals surface area contributed by atoms with E-state index >= 15 is 0 Å². The van der Waals surface area contributed by atoms with E-state index in [1.165, 1.54) is 0 Å². The molecular weight excluding hydrogens is 262 g/mol. The fourth-order valence-electron chi connectivity index (χ4n) is 2.29. The summed E-state index contributed by atoms with van der Waals surface area (Å²) in [6.45, 7) is 9.11. The van der Waals surface area contributed by atoms with Gasteiger partial charge < -0.3 is 5.32 Å². The molecule has 19 heavy (non-hydrogen) atoms. The fourth-order valence-corrected chi connectivity index (χ4v) is 3.52. The average molecular weight is 291 g/mol. The Kier molecular flexibility index (Phi) is 6.23. The van der Waals surface area contributed by atoms with Crippen molar-refractivity contribution in [3.63, 3.8) is 0 Å². The molecule has 2 N–H and O–H groups in total. The van der Waals surface area contributed by atoms with Gasteiger partial charge in [0.2, 0.25) is 0 Å². The summed E-state index contributed by atoms with van der Waals surface area (Å²) in [5.41, 5.74) is 0.155. The molecule has 1 aliphatic rings. The van der Waals surface area contributed by atoms with Gasteiger partial charge in [0.25, 0.3) is 10.2 Å². The first-order valence-corrected chi connectivity index (χ1v) is 8.58. The van der Waals surface area contributed by atoms with Crippen LogP contribution in [0.5, 0.6) is 0 Å². The Morgan fingerprint density at radius 2 is 1.79 bits per heavy atom. The second-order valence-corrected chi connectivity index (χ2v) is 8.37. The molecule has 1 fully saturated rings. The van der Waals surface area contributed by atoms with Crippen LogP contribution in [0.25, 0.3) is 0 Å². The molecule has 0 radical (unpaired) electrons. The van der Waals surface area contributed by atoms with Gasteiger partial charge in [0, 0.05) is 19.6 Å². The van der Waals surface area contributed by atoms with E-state index in [1.807, 2.05) is 7.05 Å². The van der Waals surface area contributed by atoms with Crippen LogP contribution >= 0.6 is 0 Å². The van der Waals surface area contributed by atoms with Crippen molar-refractivity contribution in [1.82, 2.24) is 14.3 Å². The lowest BCUT2D eigenvalue weighted by Crippen LogP contribution is -2.46. The van der Waals surface area contributed by atoms with Crippen molar-refractivity contribution < 1.29 is 8.42 Å². The third kappa shape index (κ3) is 6.21. The molecule has 0 bridgehead atoms. The van der Waals surface area contributed by atoms with E-state index in [4.69, 9.17) is 0 Å². The normalized spacial score (nSPS) is 19.8. The van der Waals surface area contributed by atoms with Gasteiger partial charge in [-0.1, -0.05) is 20.8 Å². The van der Waals surface area contributed by atoms with E-state index in [1.54, 1.807) is 4.31 Å². The van der Waals surface area contributed by atoms with Gasteiger partial charge in [-0.25, -0.2) is 4.72 Å². The van der Waals surface area contributed by atoms with Crippen molar-refractivity contribution in [2.45, 2.75) is 40.0 Å². The second kappa shape index (κ2) is 7.02. The van der Waals surface area contributed by atoms with Crippen LogP contribution in [0.3, 0.4) is 0 Å². The van der Waals surface area contributed by atoms with Gasteiger partial charge in [-0.2, -0.15) is 12.7 Å². The first-order valence-electron chi connectivity index (χ1n) is 7.14. The van der Waals surface area contributed by atoms with E-state index in [-0.39, 0.29) is 5.41 Å². The van der Waals surface area contributed by atoms with Crippen LogP contribution in [0.1, 0.15) is 40.0 Å². The zero-order valence-electron chi connectivity index (χ0n) is 12.7. The Labute approximate surface area is 118 Å². The molecule has 5 nitrogen and oxygen atoms in total. The quantitative estimate of drug-likeness (QED) is 0.773. The highest BCUT2D eigenvalue weighted by molar-refractivity contribution is 7.87. The van der Waals surface area contributed by atoms with Crippen molar-refractivity contribution >= 4 is 10.2 Å². The van der Waals surface area contributed by atoms with E-state index in [9.17, 15) is 8.42 Å². The van der Waals surface area contributed by atoms with E-state index < -0.39 is 10.2 Å². The molecule has 0 aromatic rings. The Bertz CT molecular complexity index is 355. The molecular formula is C13H29N3O2S. The predicted molar refractivity (Wildman–Crippen MR) is 79.2 cm³/mol. The number of hydrogen-bond donors (Lipinski definition) is 2. The Balaban J connectivity index is 2.38. The highest BCUT2D eigenvalue weighted by Gasteiger charge is 2.27. The van der Waals surface area contributed by atoms with Gasteiger partial charge >= 0.3 is 0 Å². The topological polar surface area (TPSA) is 61.4 Å². The summed E-state index contributed by atoms with van der Waals surface area (Å²) in [4.78, 5) is 0. The molecule has 1 aliphatic heterocycles. The van der Waals surface area contributed by atoms with Gasteiger partial charge in [0.1, 0.15) is 0 Å². The lowest BCUT2D eigenvalue weighted by atomic mass is 9.93. The van der Waals surface area contributed by atoms with Crippen LogP contribution in [-0.2, 0) is 10.2 Å². The van der Waals surface area contributed by atoms with Gasteiger partial charge in [-0.05, 0) is 44.2 Å². The number of nitrogens with zero attached hydrogens (tertiary/aromatic N) is 1. The van der Waals surface area contributed by atoms with Gasteiger partial charge in [-0.15, -0.1) is 0 Å². The predicted octanol–water partition coefficient (Wildman–Crippen LogP) is 1.19. The standard InChI is InChI=1S/C13H29N3O2S/c1-13(2,3)7-8-15-19(17,18)16-9-5-12(6-10-16)11-14-4/h12,14-15H,5-11H2,1-4H3. The van der Waals surface area contributed by atoms with Gasteiger partial charge in [0.15, 0.2) is 0 Å². The van der Waals surface area contributed by atoms with Crippen LogP contribution in [0.2, 0.25) is 0 Å². The highest BCUT2D eigenvalue weighted by Crippen LogP contribution is 2.20. The maximum Gasteiger partial charge on any atom is 0.279 e. The maximum atomic E-state index is 12.1. The van der Waals surface area contributed by atoms with Crippen LogP contribution in [-0.4, -0.2) is 45.9 Å². The van der Waals surface area contributed by atoms with Crippen LogP contribution in [0.4, 0.5) is 0 Å². The summed E-state index contributed by atoms with van der Waals surface area (Å²) in [7, 11) is -1.34. The maximum absolute atomic E-state index is 12.1. The Morgan fingerprint density at radius 3 is 2.26 bits per heavy atom. The minimum atomic E-state index is -3.28. The monoisotopic (exact) mass is 291 g/mol. The van der Waals surface area contributed by atoms with Crippen LogP contribution in [0.15, 0.2) is 0 Å². The minimum absolute atomic E-state index is 0.155. The molecule has 1 rings (SSSR count). The first-order chi connectivity index (χ1) is 8.74. The van der Waals surface area contributed by atoms with Crippen molar-refractivity contribution in [3.05, 3.63) is 0 Å². The summed E-state index contributed by atoms with van der Waals surface area (Å²) in [6, 6.07) is 0. The zero-order chi connectivity index (χ0) is 14.5. The summed E-state index contributed by atoms with van der Waals surface area (Å²) < 4.78 is 28.6. The summed E-state index contributed by atoms with van der Waals surface area (Å²) in [5, 5.41) is 3.16. The third-order valence-electron chi connectivity index (χ3n) is 3.57. The Hall–Kier alpha value is -0.170. The van der Waals surface area contributed by atoms with Crippen LogP contribution in [0, 0.1) is 11.3 Å². The van der Waals surface area contributed by atoms with Crippen molar-refractivity contribution in [1.29, 1.82) is 0 Å². The molecule has 1 saturated heterocycles. The first kappa shape index (κ1) is 16.9. The van der Waals surface area contributed by atoms with Gasteiger partial charge in [-0.3, -0.25) is 0 Å². The number of nitrogens with one attached hydrogen (secondary N) is 2. The SMILES string of the molecule is CNCC1CCN(S(=O)(=O)NCCC(C)(C)C)CC1. The summed E-state index contributed by atoms with van der Waals surface area (Å²) in [5.74, 6) is 0.603. The molecule has 0 spiro atoms. The van der Waals surface area contributed by atoms with Crippen molar-refractivity contribution in [2.24, 2.45) is 11.3 Å².